The second-order valence-electron chi connectivity index (χ2n) is 10.6. The van der Waals surface area contributed by atoms with Gasteiger partial charge in [-0.25, -0.2) is 9.78 Å². The van der Waals surface area contributed by atoms with E-state index in [4.69, 9.17) is 14.5 Å². The van der Waals surface area contributed by atoms with E-state index in [1.807, 2.05) is 81.1 Å². The normalized spacial score (nSPS) is 20.1. The summed E-state index contributed by atoms with van der Waals surface area (Å²) in [7, 11) is 0. The summed E-state index contributed by atoms with van der Waals surface area (Å²) in [6.45, 7) is 10.0. The van der Waals surface area contributed by atoms with E-state index in [-0.39, 0.29) is 23.7 Å². The van der Waals surface area contributed by atoms with E-state index in [1.165, 1.54) is 0 Å². The number of hydrogen-bond donors (Lipinski definition) is 0. The SMILES string of the molecule is CCOc1ccccc1-n1c(CN2CC3CCC(C2)N3C(=O)OC(C)(C)C)nc2ccccc2c1=O. The molecule has 3 heterocycles. The van der Waals surface area contributed by atoms with Crippen molar-refractivity contribution in [3.63, 3.8) is 0 Å². The van der Waals surface area contributed by atoms with Crippen molar-refractivity contribution in [2.75, 3.05) is 19.7 Å². The van der Waals surface area contributed by atoms with E-state index >= 15 is 0 Å². The van der Waals surface area contributed by atoms with E-state index in [1.54, 1.807) is 4.57 Å². The molecule has 0 N–H and O–H groups in total. The van der Waals surface area contributed by atoms with Gasteiger partial charge >= 0.3 is 6.09 Å². The predicted molar refractivity (Wildman–Crippen MR) is 139 cm³/mol. The number of aromatic nitrogens is 2. The van der Waals surface area contributed by atoms with Crippen molar-refractivity contribution >= 4 is 17.0 Å². The smallest absolute Gasteiger partial charge is 0.410 e. The summed E-state index contributed by atoms with van der Waals surface area (Å²) >= 11 is 0. The number of carbonyl (C=O) groups is 1. The van der Waals surface area contributed by atoms with Crippen LogP contribution in [0, 0.1) is 0 Å². The molecule has 3 aromatic rings. The molecular weight excluding hydrogens is 456 g/mol. The van der Waals surface area contributed by atoms with E-state index in [9.17, 15) is 9.59 Å². The van der Waals surface area contributed by atoms with E-state index in [0.29, 0.717) is 54.4 Å². The molecule has 0 saturated carbocycles. The lowest BCUT2D eigenvalue weighted by atomic mass is 10.1. The third-order valence-corrected chi connectivity index (χ3v) is 6.78. The number of likely N-dealkylation sites (tertiary alicyclic amines) is 1. The summed E-state index contributed by atoms with van der Waals surface area (Å²) in [4.78, 5) is 35.8. The van der Waals surface area contributed by atoms with Gasteiger partial charge in [0, 0.05) is 25.2 Å². The summed E-state index contributed by atoms with van der Waals surface area (Å²) in [5.74, 6) is 1.31. The highest BCUT2D eigenvalue weighted by atomic mass is 16.6. The maximum atomic E-state index is 13.7. The van der Waals surface area contributed by atoms with Crippen molar-refractivity contribution in [1.29, 1.82) is 0 Å². The lowest BCUT2D eigenvalue weighted by Gasteiger charge is -2.41. The molecule has 0 spiro atoms. The molecule has 2 saturated heterocycles. The van der Waals surface area contributed by atoms with Gasteiger partial charge in [0.1, 0.15) is 17.2 Å². The van der Waals surface area contributed by atoms with E-state index in [2.05, 4.69) is 4.90 Å². The van der Waals surface area contributed by atoms with Crippen LogP contribution < -0.4 is 10.3 Å². The molecule has 0 aliphatic carbocycles. The Hall–Kier alpha value is -3.39. The summed E-state index contributed by atoms with van der Waals surface area (Å²) in [5.41, 5.74) is 0.733. The van der Waals surface area contributed by atoms with Gasteiger partial charge in [-0.1, -0.05) is 24.3 Å². The van der Waals surface area contributed by atoms with Crippen LogP contribution in [0.5, 0.6) is 5.75 Å². The minimum absolute atomic E-state index is 0.0925. The Kier molecular flexibility index (Phi) is 6.47. The zero-order valence-electron chi connectivity index (χ0n) is 21.4. The first kappa shape index (κ1) is 24.3. The fourth-order valence-corrected chi connectivity index (χ4v) is 5.38. The summed E-state index contributed by atoms with van der Waals surface area (Å²) in [6, 6.07) is 15.2. The number of piperazine rings is 1. The molecule has 1 amide bonds. The number of fused-ring (bicyclic) bond motifs is 3. The molecule has 36 heavy (non-hydrogen) atoms. The Balaban J connectivity index is 1.49. The molecule has 190 valence electrons. The molecular formula is C28H34N4O4. The van der Waals surface area contributed by atoms with Crippen LogP contribution in [0.4, 0.5) is 4.79 Å². The summed E-state index contributed by atoms with van der Waals surface area (Å²) in [5, 5.41) is 0.572. The molecule has 8 heteroatoms. The minimum atomic E-state index is -0.521. The molecule has 2 unspecified atom stereocenters. The average Bonchev–Trinajstić information content (AvgIpc) is 3.10. The first-order valence-electron chi connectivity index (χ1n) is 12.7. The number of ether oxygens (including phenoxy) is 2. The quantitative estimate of drug-likeness (QED) is 0.529. The highest BCUT2D eigenvalue weighted by molar-refractivity contribution is 5.78. The van der Waals surface area contributed by atoms with Crippen molar-refractivity contribution in [3.8, 4) is 11.4 Å². The Morgan fingerprint density at radius 2 is 1.69 bits per heavy atom. The number of nitrogens with zero attached hydrogens (tertiary/aromatic N) is 4. The fraction of sp³-hybridized carbons (Fsp3) is 0.464. The molecule has 5 rings (SSSR count). The van der Waals surface area contributed by atoms with Crippen LogP contribution in [0.3, 0.4) is 0 Å². The van der Waals surface area contributed by atoms with Crippen LogP contribution in [0.25, 0.3) is 16.6 Å². The molecule has 2 bridgehead atoms. The predicted octanol–water partition coefficient (Wildman–Crippen LogP) is 4.37. The molecule has 2 atom stereocenters. The van der Waals surface area contributed by atoms with Crippen molar-refractivity contribution < 1.29 is 14.3 Å². The molecule has 2 fully saturated rings. The van der Waals surface area contributed by atoms with Gasteiger partial charge in [-0.3, -0.25) is 19.2 Å². The molecule has 2 aliphatic rings. The van der Waals surface area contributed by atoms with Crippen molar-refractivity contribution in [3.05, 3.63) is 64.7 Å². The first-order valence-corrected chi connectivity index (χ1v) is 12.7. The van der Waals surface area contributed by atoms with Gasteiger partial charge in [0.15, 0.2) is 0 Å². The topological polar surface area (TPSA) is 76.9 Å². The maximum absolute atomic E-state index is 13.7. The van der Waals surface area contributed by atoms with Gasteiger partial charge < -0.3 is 9.47 Å². The Morgan fingerprint density at radius 1 is 1.03 bits per heavy atom. The Bertz CT molecular complexity index is 1320. The molecule has 2 aromatic carbocycles. The van der Waals surface area contributed by atoms with E-state index < -0.39 is 5.60 Å². The number of carbonyl (C=O) groups excluding carboxylic acids is 1. The van der Waals surface area contributed by atoms with Crippen LogP contribution >= 0.6 is 0 Å². The Labute approximate surface area is 211 Å². The number of para-hydroxylation sites is 3. The summed E-state index contributed by atoms with van der Waals surface area (Å²) < 4.78 is 13.2. The third-order valence-electron chi connectivity index (χ3n) is 6.78. The van der Waals surface area contributed by atoms with Gasteiger partial charge in [0.05, 0.1) is 29.7 Å². The van der Waals surface area contributed by atoms with Crippen LogP contribution in [0.15, 0.2) is 53.3 Å². The highest BCUT2D eigenvalue weighted by Gasteiger charge is 2.44. The number of hydrogen-bond acceptors (Lipinski definition) is 6. The van der Waals surface area contributed by atoms with Crippen LogP contribution in [-0.4, -0.2) is 62.8 Å². The summed E-state index contributed by atoms with van der Waals surface area (Å²) in [6.07, 6.45) is 1.66. The first-order chi connectivity index (χ1) is 17.2. The van der Waals surface area contributed by atoms with Crippen molar-refractivity contribution in [2.45, 2.75) is 64.8 Å². The van der Waals surface area contributed by atoms with Crippen LogP contribution in [0.1, 0.15) is 46.4 Å². The minimum Gasteiger partial charge on any atom is -0.492 e. The monoisotopic (exact) mass is 490 g/mol. The Morgan fingerprint density at radius 3 is 2.39 bits per heavy atom. The van der Waals surface area contributed by atoms with Gasteiger partial charge in [0.25, 0.3) is 5.56 Å². The van der Waals surface area contributed by atoms with E-state index in [0.717, 1.165) is 12.8 Å². The van der Waals surface area contributed by atoms with Crippen LogP contribution in [0.2, 0.25) is 0 Å². The number of rotatable bonds is 5. The van der Waals surface area contributed by atoms with Crippen molar-refractivity contribution in [2.24, 2.45) is 0 Å². The van der Waals surface area contributed by atoms with Gasteiger partial charge in [0.2, 0.25) is 0 Å². The second-order valence-corrected chi connectivity index (χ2v) is 10.6. The molecule has 8 nitrogen and oxygen atoms in total. The van der Waals surface area contributed by atoms with Crippen LogP contribution in [-0.2, 0) is 11.3 Å². The standard InChI is InChI=1S/C28H34N4O4/c1-5-35-24-13-9-8-12-23(24)32-25(29-22-11-7-6-10-21(22)26(32)33)18-30-16-19-14-15-20(17-30)31(19)27(34)36-28(2,3)4/h6-13,19-20H,5,14-18H2,1-4H3. The average molecular weight is 491 g/mol. The number of amides is 1. The third kappa shape index (κ3) is 4.69. The van der Waals surface area contributed by atoms with Gasteiger partial charge in [-0.2, -0.15) is 0 Å². The lowest BCUT2D eigenvalue weighted by Crippen LogP contribution is -2.56. The van der Waals surface area contributed by atoms with Crippen molar-refractivity contribution in [1.82, 2.24) is 19.4 Å². The number of benzene rings is 2. The highest BCUT2D eigenvalue weighted by Crippen LogP contribution is 2.33. The maximum Gasteiger partial charge on any atom is 0.410 e. The van der Waals surface area contributed by atoms with Gasteiger partial charge in [-0.15, -0.1) is 0 Å². The fourth-order valence-electron chi connectivity index (χ4n) is 5.38. The lowest BCUT2D eigenvalue weighted by molar-refractivity contribution is -0.00580. The second kappa shape index (κ2) is 9.58. The molecule has 0 radical (unpaired) electrons. The van der Waals surface area contributed by atoms with Gasteiger partial charge in [-0.05, 0) is 64.8 Å². The largest absolute Gasteiger partial charge is 0.492 e. The molecule has 1 aromatic heterocycles. The zero-order valence-corrected chi connectivity index (χ0v) is 21.4. The molecule has 2 aliphatic heterocycles. The zero-order chi connectivity index (χ0) is 25.4.